The lowest BCUT2D eigenvalue weighted by atomic mass is 10.2. The first kappa shape index (κ1) is 13.6. The molecule has 0 heterocycles. The average molecular weight is 218 g/mol. The Morgan fingerprint density at radius 1 is 1.20 bits per heavy atom. The highest BCUT2D eigenvalue weighted by atomic mass is 16.5. The van der Waals surface area contributed by atoms with Gasteiger partial charge in [-0.1, -0.05) is 0 Å². The van der Waals surface area contributed by atoms with Gasteiger partial charge < -0.3 is 20.1 Å². The SMILES string of the molecule is O=C(O)/C=C\C(=O)OCCCCC(O)O. The number of rotatable bonds is 7. The van der Waals surface area contributed by atoms with E-state index in [1.807, 2.05) is 0 Å². The van der Waals surface area contributed by atoms with Crippen molar-refractivity contribution in [1.29, 1.82) is 0 Å². The summed E-state index contributed by atoms with van der Waals surface area (Å²) >= 11 is 0. The minimum Gasteiger partial charge on any atom is -0.478 e. The summed E-state index contributed by atoms with van der Waals surface area (Å²) < 4.78 is 4.62. The highest BCUT2D eigenvalue weighted by molar-refractivity contribution is 5.90. The molecule has 0 aliphatic rings. The lowest BCUT2D eigenvalue weighted by Gasteiger charge is -2.03. The minimum atomic E-state index is -1.34. The first-order valence-electron chi connectivity index (χ1n) is 4.46. The highest BCUT2D eigenvalue weighted by Crippen LogP contribution is 1.98. The van der Waals surface area contributed by atoms with E-state index in [1.54, 1.807) is 0 Å². The predicted molar refractivity (Wildman–Crippen MR) is 49.8 cm³/mol. The normalized spacial score (nSPS) is 10.9. The Bertz CT molecular complexity index is 233. The molecule has 0 rings (SSSR count). The fourth-order valence-corrected chi connectivity index (χ4v) is 0.789. The van der Waals surface area contributed by atoms with Crippen molar-refractivity contribution in [1.82, 2.24) is 0 Å². The lowest BCUT2D eigenvalue weighted by molar-refractivity contribution is -0.139. The van der Waals surface area contributed by atoms with Crippen LogP contribution in [0.25, 0.3) is 0 Å². The third-order valence-electron chi connectivity index (χ3n) is 1.46. The molecule has 0 radical (unpaired) electrons. The number of aliphatic hydroxyl groups excluding tert-OH is 1. The third-order valence-corrected chi connectivity index (χ3v) is 1.46. The molecule has 0 saturated carbocycles. The van der Waals surface area contributed by atoms with Gasteiger partial charge in [-0.2, -0.15) is 0 Å². The number of ether oxygens (including phenoxy) is 1. The molecule has 0 aliphatic heterocycles. The first-order valence-corrected chi connectivity index (χ1v) is 4.46. The van der Waals surface area contributed by atoms with Crippen LogP contribution in [0.4, 0.5) is 0 Å². The van der Waals surface area contributed by atoms with Crippen LogP contribution < -0.4 is 0 Å². The van der Waals surface area contributed by atoms with Crippen LogP contribution in [0.15, 0.2) is 12.2 Å². The molecule has 6 nitrogen and oxygen atoms in total. The fourth-order valence-electron chi connectivity index (χ4n) is 0.789. The van der Waals surface area contributed by atoms with E-state index in [2.05, 4.69) is 4.74 Å². The summed E-state index contributed by atoms with van der Waals surface area (Å²) in [4.78, 5) is 20.8. The van der Waals surface area contributed by atoms with Crippen LogP contribution in [0.2, 0.25) is 0 Å². The molecular formula is C9H14O6. The summed E-state index contributed by atoms with van der Waals surface area (Å²) in [7, 11) is 0. The monoisotopic (exact) mass is 218 g/mol. The van der Waals surface area contributed by atoms with Crippen molar-refractivity contribution < 1.29 is 29.6 Å². The van der Waals surface area contributed by atoms with Crippen LogP contribution in [0.3, 0.4) is 0 Å². The summed E-state index contributed by atoms with van der Waals surface area (Å²) in [6.45, 7) is 0.134. The summed E-state index contributed by atoms with van der Waals surface area (Å²) in [5.41, 5.74) is 0. The van der Waals surface area contributed by atoms with Crippen molar-refractivity contribution in [3.63, 3.8) is 0 Å². The maximum absolute atomic E-state index is 10.8. The zero-order valence-electron chi connectivity index (χ0n) is 8.13. The molecule has 0 saturated heterocycles. The van der Waals surface area contributed by atoms with Crippen molar-refractivity contribution in [3.05, 3.63) is 12.2 Å². The van der Waals surface area contributed by atoms with Gasteiger partial charge in [0.2, 0.25) is 0 Å². The van der Waals surface area contributed by atoms with Crippen LogP contribution in [0.5, 0.6) is 0 Å². The first-order chi connectivity index (χ1) is 7.02. The van der Waals surface area contributed by atoms with Gasteiger partial charge in [-0.3, -0.25) is 0 Å². The van der Waals surface area contributed by atoms with Gasteiger partial charge >= 0.3 is 11.9 Å². The Kier molecular flexibility index (Phi) is 7.21. The predicted octanol–water partition coefficient (Wildman–Crippen LogP) is -0.349. The van der Waals surface area contributed by atoms with Crippen LogP contribution in [-0.4, -0.2) is 40.2 Å². The van der Waals surface area contributed by atoms with Crippen LogP contribution in [0.1, 0.15) is 19.3 Å². The van der Waals surface area contributed by atoms with Gasteiger partial charge in [-0.05, 0) is 19.3 Å². The van der Waals surface area contributed by atoms with Gasteiger partial charge in [0.1, 0.15) is 0 Å². The van der Waals surface area contributed by atoms with Crippen molar-refractivity contribution in [2.24, 2.45) is 0 Å². The second-order valence-corrected chi connectivity index (χ2v) is 2.82. The number of unbranched alkanes of at least 4 members (excludes halogenated alkanes) is 1. The Morgan fingerprint density at radius 2 is 1.87 bits per heavy atom. The van der Waals surface area contributed by atoms with Crippen LogP contribution in [-0.2, 0) is 14.3 Å². The van der Waals surface area contributed by atoms with Crippen LogP contribution >= 0.6 is 0 Å². The molecule has 0 aromatic rings. The van der Waals surface area contributed by atoms with E-state index in [1.165, 1.54) is 0 Å². The van der Waals surface area contributed by atoms with Gasteiger partial charge in [0, 0.05) is 12.2 Å². The zero-order valence-corrected chi connectivity index (χ0v) is 8.13. The van der Waals surface area contributed by atoms with E-state index in [0.717, 1.165) is 6.08 Å². The summed E-state index contributed by atoms with van der Waals surface area (Å²) in [5.74, 6) is -1.93. The molecule has 15 heavy (non-hydrogen) atoms. The standard InChI is InChI=1S/C9H14O6/c10-7(11)3-1-2-6-15-9(14)5-4-8(12)13/h4-5,7,10-11H,1-3,6H2,(H,12,13)/b5-4-. The van der Waals surface area contributed by atoms with Gasteiger partial charge in [-0.15, -0.1) is 0 Å². The second kappa shape index (κ2) is 7.95. The molecular weight excluding hydrogens is 204 g/mol. The summed E-state index contributed by atoms with van der Waals surface area (Å²) in [5, 5.41) is 25.1. The quantitative estimate of drug-likeness (QED) is 0.233. The van der Waals surface area contributed by atoms with Gasteiger partial charge in [-0.25, -0.2) is 9.59 Å². The second-order valence-electron chi connectivity index (χ2n) is 2.82. The van der Waals surface area contributed by atoms with Crippen molar-refractivity contribution in [2.45, 2.75) is 25.6 Å². The van der Waals surface area contributed by atoms with E-state index in [-0.39, 0.29) is 13.0 Å². The summed E-state index contributed by atoms with van der Waals surface area (Å²) in [6, 6.07) is 0. The topological polar surface area (TPSA) is 104 Å². The molecule has 0 atom stereocenters. The Balaban J connectivity index is 3.43. The van der Waals surface area contributed by atoms with Gasteiger partial charge in [0.15, 0.2) is 6.29 Å². The van der Waals surface area contributed by atoms with E-state index in [9.17, 15) is 9.59 Å². The molecule has 0 aliphatic carbocycles. The number of carbonyl (C=O) groups is 2. The number of hydrogen-bond donors (Lipinski definition) is 3. The molecule has 3 N–H and O–H groups in total. The number of esters is 1. The molecule has 0 amide bonds. The number of hydrogen-bond acceptors (Lipinski definition) is 5. The number of carbonyl (C=O) groups excluding carboxylic acids is 1. The Labute approximate surface area is 86.8 Å². The van der Waals surface area contributed by atoms with Crippen molar-refractivity contribution in [2.75, 3.05) is 6.61 Å². The average Bonchev–Trinajstić information content (AvgIpc) is 2.13. The maximum atomic E-state index is 10.8. The van der Waals surface area contributed by atoms with Crippen molar-refractivity contribution >= 4 is 11.9 Å². The maximum Gasteiger partial charge on any atom is 0.331 e. The zero-order chi connectivity index (χ0) is 11.7. The number of aliphatic hydroxyl groups is 2. The minimum absolute atomic E-state index is 0.134. The molecule has 0 fully saturated rings. The van der Waals surface area contributed by atoms with Gasteiger partial charge in [0.25, 0.3) is 0 Å². The Morgan fingerprint density at radius 3 is 2.40 bits per heavy atom. The smallest absolute Gasteiger partial charge is 0.331 e. The molecule has 6 heteroatoms. The number of carboxylic acid groups (broad SMARTS) is 1. The van der Waals surface area contributed by atoms with E-state index >= 15 is 0 Å². The third kappa shape index (κ3) is 10.5. The largest absolute Gasteiger partial charge is 0.478 e. The van der Waals surface area contributed by atoms with E-state index in [4.69, 9.17) is 15.3 Å². The summed E-state index contributed by atoms with van der Waals surface area (Å²) in [6.07, 6.45) is 1.43. The highest BCUT2D eigenvalue weighted by Gasteiger charge is 2.00. The number of aliphatic carboxylic acids is 1. The van der Waals surface area contributed by atoms with Gasteiger partial charge in [0.05, 0.1) is 6.61 Å². The fraction of sp³-hybridized carbons (Fsp3) is 0.556. The lowest BCUT2D eigenvalue weighted by Crippen LogP contribution is -2.06. The van der Waals surface area contributed by atoms with E-state index < -0.39 is 18.2 Å². The van der Waals surface area contributed by atoms with E-state index in [0.29, 0.717) is 18.9 Å². The van der Waals surface area contributed by atoms with Crippen molar-refractivity contribution in [3.8, 4) is 0 Å². The molecule has 0 aromatic carbocycles. The molecule has 0 aromatic heterocycles. The number of carboxylic acids is 1. The Hall–Kier alpha value is -1.40. The molecule has 0 bridgehead atoms. The van der Waals surface area contributed by atoms with Crippen LogP contribution in [0, 0.1) is 0 Å². The molecule has 0 unspecified atom stereocenters. The molecule has 86 valence electrons. The molecule has 0 spiro atoms.